The summed E-state index contributed by atoms with van der Waals surface area (Å²) in [6, 6.07) is 9.27. The van der Waals surface area contributed by atoms with E-state index in [0.29, 0.717) is 6.61 Å². The molecule has 0 unspecified atom stereocenters. The van der Waals surface area contributed by atoms with Crippen molar-refractivity contribution in [2.24, 2.45) is 0 Å². The molecule has 0 N–H and O–H groups in total. The molecule has 3 rings (SSSR count). The molecule has 1 heterocycles. The number of hydrogen-bond acceptors (Lipinski definition) is 2. The normalized spacial score (nSPS) is 21.7. The molecule has 2 aromatic carbocycles. The van der Waals surface area contributed by atoms with Crippen molar-refractivity contribution >= 4 is 18.7 Å². The molecule has 2 nitrogen and oxygen atoms in total. The second-order valence-corrected chi connectivity index (χ2v) is 12.1. The van der Waals surface area contributed by atoms with Crippen molar-refractivity contribution in [3.63, 3.8) is 0 Å². The maximum Gasteiger partial charge on any atom is 0.285 e. The van der Waals surface area contributed by atoms with Crippen molar-refractivity contribution in [2.75, 3.05) is 6.61 Å². The Morgan fingerprint density at radius 2 is 1.18 bits per heavy atom. The Kier molecular flexibility index (Phi) is 6.19. The molecule has 2 aromatic rings. The first kappa shape index (κ1) is 21.3. The van der Waals surface area contributed by atoms with Gasteiger partial charge in [-0.1, -0.05) is 49.2 Å². The first-order chi connectivity index (χ1) is 13.2. The molecule has 1 saturated heterocycles. The molecule has 0 aromatic heterocycles. The van der Waals surface area contributed by atoms with E-state index < -0.39 is 8.32 Å². The lowest BCUT2D eigenvalue weighted by molar-refractivity contribution is -0.0448. The molecule has 28 heavy (non-hydrogen) atoms. The van der Waals surface area contributed by atoms with Gasteiger partial charge in [-0.2, -0.15) is 0 Å². The van der Waals surface area contributed by atoms with Crippen LogP contribution < -0.4 is 10.4 Å². The number of hydrogen-bond donors (Lipinski definition) is 0. The predicted molar refractivity (Wildman–Crippen MR) is 122 cm³/mol. The van der Waals surface area contributed by atoms with Crippen molar-refractivity contribution in [3.8, 4) is 0 Å². The highest BCUT2D eigenvalue weighted by Gasteiger charge is 2.53. The SMILES string of the molecule is CC[C@@H]1CO[Si](c2c(C)cc(C)cc2C)(c2c(C)cc(C)cc2C)[C@H](CC)O1. The van der Waals surface area contributed by atoms with E-state index >= 15 is 0 Å². The lowest BCUT2D eigenvalue weighted by atomic mass is 10.1. The highest BCUT2D eigenvalue weighted by molar-refractivity contribution is 6.99. The van der Waals surface area contributed by atoms with Crippen LogP contribution in [0.5, 0.6) is 0 Å². The maximum absolute atomic E-state index is 7.06. The zero-order chi connectivity index (χ0) is 20.6. The van der Waals surface area contributed by atoms with Gasteiger partial charge in [0.25, 0.3) is 8.32 Å². The molecular formula is C25H36O2Si. The summed E-state index contributed by atoms with van der Waals surface area (Å²) in [5.74, 6) is 0. The third kappa shape index (κ3) is 3.49. The summed E-state index contributed by atoms with van der Waals surface area (Å²) in [6.45, 7) is 18.5. The van der Waals surface area contributed by atoms with Crippen LogP contribution in [-0.2, 0) is 9.16 Å². The quantitative estimate of drug-likeness (QED) is 0.695. The molecule has 0 spiro atoms. The van der Waals surface area contributed by atoms with Crippen LogP contribution in [0.2, 0.25) is 0 Å². The number of aryl methyl sites for hydroxylation is 6. The van der Waals surface area contributed by atoms with Crippen molar-refractivity contribution < 1.29 is 9.16 Å². The van der Waals surface area contributed by atoms with Crippen molar-refractivity contribution in [1.82, 2.24) is 0 Å². The van der Waals surface area contributed by atoms with Gasteiger partial charge in [0.05, 0.1) is 18.4 Å². The van der Waals surface area contributed by atoms with Gasteiger partial charge in [0.1, 0.15) is 0 Å². The number of ether oxygens (including phenoxy) is 1. The molecule has 1 fully saturated rings. The summed E-state index contributed by atoms with van der Waals surface area (Å²) in [6.07, 6.45) is 2.17. The Bertz CT molecular complexity index is 767. The van der Waals surface area contributed by atoms with Crippen LogP contribution in [0.3, 0.4) is 0 Å². The minimum Gasteiger partial charge on any atom is -0.403 e. The molecule has 0 radical (unpaired) electrons. The Morgan fingerprint density at radius 1 is 0.750 bits per heavy atom. The fourth-order valence-electron chi connectivity index (χ4n) is 5.41. The summed E-state index contributed by atoms with van der Waals surface area (Å²) in [5, 5.41) is 2.85. The highest BCUT2D eigenvalue weighted by Crippen LogP contribution is 2.30. The van der Waals surface area contributed by atoms with E-state index in [2.05, 4.69) is 79.7 Å². The van der Waals surface area contributed by atoms with Crippen LogP contribution in [0.1, 0.15) is 60.1 Å². The third-order valence-electron chi connectivity index (χ3n) is 6.23. The van der Waals surface area contributed by atoms with Gasteiger partial charge >= 0.3 is 0 Å². The maximum atomic E-state index is 7.06. The van der Waals surface area contributed by atoms with Crippen LogP contribution in [0.25, 0.3) is 0 Å². The van der Waals surface area contributed by atoms with E-state index in [0.717, 1.165) is 12.8 Å². The van der Waals surface area contributed by atoms with Crippen LogP contribution in [0.4, 0.5) is 0 Å². The molecule has 0 amide bonds. The Morgan fingerprint density at radius 3 is 1.54 bits per heavy atom. The lowest BCUT2D eigenvalue weighted by Gasteiger charge is -2.47. The van der Waals surface area contributed by atoms with Gasteiger partial charge in [0, 0.05) is 0 Å². The van der Waals surface area contributed by atoms with Gasteiger partial charge in [0.2, 0.25) is 0 Å². The fourth-order valence-corrected chi connectivity index (χ4v) is 10.8. The van der Waals surface area contributed by atoms with Crippen molar-refractivity contribution in [2.45, 2.75) is 80.1 Å². The lowest BCUT2D eigenvalue weighted by Crippen LogP contribution is -2.74. The molecular weight excluding hydrogens is 360 g/mol. The van der Waals surface area contributed by atoms with Gasteiger partial charge in [0.15, 0.2) is 0 Å². The second kappa shape index (κ2) is 8.14. The zero-order valence-corrected chi connectivity index (χ0v) is 19.9. The molecule has 1 aliphatic heterocycles. The summed E-state index contributed by atoms with van der Waals surface area (Å²) in [7, 11) is -2.57. The molecule has 0 saturated carbocycles. The number of rotatable bonds is 4. The Balaban J connectivity index is 2.37. The van der Waals surface area contributed by atoms with Gasteiger partial charge < -0.3 is 9.16 Å². The zero-order valence-electron chi connectivity index (χ0n) is 18.9. The summed E-state index contributed by atoms with van der Waals surface area (Å²) in [5.41, 5.74) is 8.15. The van der Waals surface area contributed by atoms with Crippen LogP contribution in [0.15, 0.2) is 24.3 Å². The highest BCUT2D eigenvalue weighted by atomic mass is 28.4. The largest absolute Gasteiger partial charge is 0.403 e. The third-order valence-corrected chi connectivity index (χ3v) is 11.4. The fraction of sp³-hybridized carbons (Fsp3) is 0.520. The molecule has 152 valence electrons. The van der Waals surface area contributed by atoms with E-state index in [1.807, 2.05) is 0 Å². The number of benzene rings is 2. The Hall–Kier alpha value is -1.42. The second-order valence-electron chi connectivity index (χ2n) is 8.66. The van der Waals surface area contributed by atoms with Crippen LogP contribution in [-0.4, -0.2) is 26.8 Å². The first-order valence-electron chi connectivity index (χ1n) is 10.7. The summed E-state index contributed by atoms with van der Waals surface area (Å²) >= 11 is 0. The van der Waals surface area contributed by atoms with Crippen molar-refractivity contribution in [3.05, 3.63) is 57.6 Å². The molecule has 3 heteroatoms. The molecule has 0 aliphatic carbocycles. The van der Waals surface area contributed by atoms with Gasteiger partial charge in [-0.3, -0.25) is 0 Å². The van der Waals surface area contributed by atoms with E-state index in [1.165, 1.54) is 43.8 Å². The van der Waals surface area contributed by atoms with Gasteiger partial charge in [-0.25, -0.2) is 0 Å². The first-order valence-corrected chi connectivity index (χ1v) is 12.7. The van der Waals surface area contributed by atoms with Crippen LogP contribution in [0, 0.1) is 41.5 Å². The minimum atomic E-state index is -2.57. The van der Waals surface area contributed by atoms with E-state index in [-0.39, 0.29) is 11.8 Å². The average molecular weight is 397 g/mol. The Labute approximate surface area is 172 Å². The molecule has 2 atom stereocenters. The van der Waals surface area contributed by atoms with Gasteiger partial charge in [-0.15, -0.1) is 0 Å². The smallest absolute Gasteiger partial charge is 0.285 e. The van der Waals surface area contributed by atoms with E-state index in [1.54, 1.807) is 0 Å². The minimum absolute atomic E-state index is 0.131. The monoisotopic (exact) mass is 396 g/mol. The van der Waals surface area contributed by atoms with Crippen LogP contribution >= 0.6 is 0 Å². The van der Waals surface area contributed by atoms with E-state index in [9.17, 15) is 0 Å². The standard InChI is InChI=1S/C25H36O2Si/c1-9-22-15-26-28(23(10-2)27-22,24-18(5)11-16(3)12-19(24)6)25-20(7)13-17(4)14-21(25)8/h11-14,22-23H,9-10,15H2,1-8H3/t22-,23-/m1/s1. The van der Waals surface area contributed by atoms with Crippen molar-refractivity contribution in [1.29, 1.82) is 0 Å². The van der Waals surface area contributed by atoms with Gasteiger partial charge in [-0.05, 0) is 87.0 Å². The summed E-state index contributed by atoms with van der Waals surface area (Å²) < 4.78 is 13.8. The molecule has 1 aliphatic rings. The topological polar surface area (TPSA) is 18.5 Å². The van der Waals surface area contributed by atoms with E-state index in [4.69, 9.17) is 9.16 Å². The predicted octanol–water partition coefficient (Wildman–Crippen LogP) is 4.74. The molecule has 0 bridgehead atoms. The summed E-state index contributed by atoms with van der Waals surface area (Å²) in [4.78, 5) is 0. The average Bonchev–Trinajstić information content (AvgIpc) is 2.60.